The molecule has 0 amide bonds. The predicted molar refractivity (Wildman–Crippen MR) is 205 cm³/mol. The van der Waals surface area contributed by atoms with Crippen LogP contribution in [0.15, 0.2) is 152 Å². The molecule has 0 atom stereocenters. The number of rotatable bonds is 5. The number of benzene rings is 6. The van der Waals surface area contributed by atoms with Crippen molar-refractivity contribution in [1.29, 1.82) is 5.26 Å². The number of hydrogen-bond donors (Lipinski definition) is 0. The Bertz CT molecular complexity index is 2620. The molecule has 0 spiro atoms. The first-order valence-corrected chi connectivity index (χ1v) is 17.0. The highest BCUT2D eigenvalue weighted by Crippen LogP contribution is 2.51. The molecule has 0 aliphatic heterocycles. The van der Waals surface area contributed by atoms with Gasteiger partial charge in [-0.2, -0.15) is 5.26 Å². The Balaban J connectivity index is 1.26. The van der Waals surface area contributed by atoms with Crippen molar-refractivity contribution in [3.05, 3.63) is 168 Å². The first kappa shape index (κ1) is 30.3. The van der Waals surface area contributed by atoms with Crippen molar-refractivity contribution in [1.82, 2.24) is 19.9 Å². The van der Waals surface area contributed by atoms with Crippen LogP contribution in [0.2, 0.25) is 0 Å². The Morgan fingerprint density at radius 1 is 0.490 bits per heavy atom. The van der Waals surface area contributed by atoms with Gasteiger partial charge in [-0.3, -0.25) is 4.98 Å². The zero-order valence-corrected chi connectivity index (χ0v) is 28.2. The highest BCUT2D eigenvalue weighted by Gasteiger charge is 2.37. The molecule has 0 unspecified atom stereocenters. The maximum Gasteiger partial charge on any atom is 0.164 e. The van der Waals surface area contributed by atoms with Crippen LogP contribution in [0, 0.1) is 11.3 Å². The van der Waals surface area contributed by atoms with E-state index in [4.69, 9.17) is 15.0 Å². The molecule has 8 aromatic rings. The average Bonchev–Trinajstić information content (AvgIpc) is 3.43. The number of pyridine rings is 1. The summed E-state index contributed by atoms with van der Waals surface area (Å²) in [4.78, 5) is 19.7. The summed E-state index contributed by atoms with van der Waals surface area (Å²) >= 11 is 0. The SMILES string of the molecule is CC1(C)c2cc(-c3cc(-c4ccc5cccnc5c4)cc(-c4nc(-c5ccccc5)nc(-c5ccccc5)n4)c3)ccc2-c2cccc(C#N)c21. The summed E-state index contributed by atoms with van der Waals surface area (Å²) < 4.78 is 0. The van der Waals surface area contributed by atoms with Crippen molar-refractivity contribution in [2.75, 3.05) is 0 Å². The van der Waals surface area contributed by atoms with E-state index in [1.54, 1.807) is 0 Å². The monoisotopic (exact) mass is 653 g/mol. The van der Waals surface area contributed by atoms with Crippen LogP contribution >= 0.6 is 0 Å². The lowest BCUT2D eigenvalue weighted by atomic mass is 9.79. The average molecular weight is 654 g/mol. The Morgan fingerprint density at radius 3 is 1.76 bits per heavy atom. The van der Waals surface area contributed by atoms with Crippen molar-refractivity contribution >= 4 is 10.9 Å². The van der Waals surface area contributed by atoms with Crippen molar-refractivity contribution < 1.29 is 0 Å². The van der Waals surface area contributed by atoms with Gasteiger partial charge in [-0.1, -0.05) is 117 Å². The second-order valence-electron chi connectivity index (χ2n) is 13.5. The lowest BCUT2D eigenvalue weighted by Crippen LogP contribution is -2.16. The van der Waals surface area contributed by atoms with E-state index in [0.29, 0.717) is 17.5 Å². The highest BCUT2D eigenvalue weighted by atomic mass is 15.0. The van der Waals surface area contributed by atoms with Gasteiger partial charge in [0.25, 0.3) is 0 Å². The second kappa shape index (κ2) is 12.0. The predicted octanol–water partition coefficient (Wildman–Crippen LogP) is 10.9. The highest BCUT2D eigenvalue weighted by molar-refractivity contribution is 5.89. The molecule has 51 heavy (non-hydrogen) atoms. The van der Waals surface area contributed by atoms with Crippen molar-refractivity contribution in [2.24, 2.45) is 0 Å². The Morgan fingerprint density at radius 2 is 1.10 bits per heavy atom. The van der Waals surface area contributed by atoms with E-state index in [0.717, 1.165) is 66.5 Å². The van der Waals surface area contributed by atoms with E-state index in [1.807, 2.05) is 85.1 Å². The third-order valence-corrected chi connectivity index (χ3v) is 9.96. The van der Waals surface area contributed by atoms with Crippen LogP contribution in [0.1, 0.15) is 30.5 Å². The number of fused-ring (bicyclic) bond motifs is 4. The maximum atomic E-state index is 10.0. The van der Waals surface area contributed by atoms with Gasteiger partial charge < -0.3 is 0 Å². The van der Waals surface area contributed by atoms with Gasteiger partial charge in [-0.25, -0.2) is 15.0 Å². The smallest absolute Gasteiger partial charge is 0.164 e. The summed E-state index contributed by atoms with van der Waals surface area (Å²) in [6, 6.07) is 52.3. The molecular formula is C46H31N5. The van der Waals surface area contributed by atoms with Crippen LogP contribution in [0.5, 0.6) is 0 Å². The molecule has 1 aliphatic carbocycles. The fraction of sp³-hybridized carbons (Fsp3) is 0.0652. The zero-order valence-electron chi connectivity index (χ0n) is 28.2. The van der Waals surface area contributed by atoms with E-state index in [2.05, 4.69) is 91.6 Å². The molecule has 0 radical (unpaired) electrons. The molecule has 6 aromatic carbocycles. The van der Waals surface area contributed by atoms with Crippen molar-refractivity contribution in [2.45, 2.75) is 19.3 Å². The quantitative estimate of drug-likeness (QED) is 0.185. The largest absolute Gasteiger partial charge is 0.256 e. The molecule has 0 saturated carbocycles. The standard InChI is InChI=1S/C46H31N5/c1-46(2)40-26-32(20-21-38(40)39-17-9-15-34(28-47)42(39)46)35-23-36(33-19-18-29-16-10-22-48-41(29)27-33)25-37(24-35)45-50-43(30-11-5-3-6-12-30)49-44(51-45)31-13-7-4-8-14-31/h3-27H,1-2H3. The molecule has 0 bridgehead atoms. The number of aromatic nitrogens is 4. The zero-order chi connectivity index (χ0) is 34.5. The van der Waals surface area contributed by atoms with E-state index < -0.39 is 0 Å². The van der Waals surface area contributed by atoms with E-state index in [-0.39, 0.29) is 5.41 Å². The molecule has 240 valence electrons. The fourth-order valence-corrected chi connectivity index (χ4v) is 7.43. The van der Waals surface area contributed by atoms with Crippen LogP contribution in [-0.4, -0.2) is 19.9 Å². The van der Waals surface area contributed by atoms with Gasteiger partial charge in [0.15, 0.2) is 17.5 Å². The summed E-state index contributed by atoms with van der Waals surface area (Å²) in [5, 5.41) is 11.1. The van der Waals surface area contributed by atoms with Gasteiger partial charge in [0.1, 0.15) is 0 Å². The lowest BCUT2D eigenvalue weighted by Gasteiger charge is -2.23. The summed E-state index contributed by atoms with van der Waals surface area (Å²) in [6.45, 7) is 4.43. The van der Waals surface area contributed by atoms with Crippen LogP contribution in [0.25, 0.3) is 78.4 Å². The summed E-state index contributed by atoms with van der Waals surface area (Å²) in [6.07, 6.45) is 1.83. The van der Waals surface area contributed by atoms with Gasteiger partial charge in [-0.05, 0) is 87.0 Å². The fourth-order valence-electron chi connectivity index (χ4n) is 7.43. The molecule has 5 heteroatoms. The lowest BCUT2D eigenvalue weighted by molar-refractivity contribution is 0.658. The molecular weight excluding hydrogens is 623 g/mol. The number of nitrogens with zero attached hydrogens (tertiary/aromatic N) is 5. The summed E-state index contributed by atoms with van der Waals surface area (Å²) in [5.41, 5.74) is 12.9. The summed E-state index contributed by atoms with van der Waals surface area (Å²) in [7, 11) is 0. The van der Waals surface area contributed by atoms with E-state index >= 15 is 0 Å². The van der Waals surface area contributed by atoms with Crippen LogP contribution in [-0.2, 0) is 5.41 Å². The van der Waals surface area contributed by atoms with Crippen LogP contribution in [0.4, 0.5) is 0 Å². The minimum Gasteiger partial charge on any atom is -0.256 e. The molecule has 2 aromatic heterocycles. The second-order valence-corrected chi connectivity index (χ2v) is 13.5. The third-order valence-electron chi connectivity index (χ3n) is 9.96. The molecule has 9 rings (SSSR count). The number of hydrogen-bond acceptors (Lipinski definition) is 5. The maximum absolute atomic E-state index is 10.0. The van der Waals surface area contributed by atoms with Gasteiger partial charge in [0.2, 0.25) is 0 Å². The van der Waals surface area contributed by atoms with E-state index in [1.165, 1.54) is 11.1 Å². The van der Waals surface area contributed by atoms with Gasteiger partial charge in [0, 0.05) is 33.7 Å². The van der Waals surface area contributed by atoms with Crippen molar-refractivity contribution in [3.63, 3.8) is 0 Å². The first-order valence-electron chi connectivity index (χ1n) is 17.0. The summed E-state index contributed by atoms with van der Waals surface area (Å²) in [5.74, 6) is 1.83. The molecule has 2 heterocycles. The first-order chi connectivity index (χ1) is 25.0. The Labute approximate surface area is 296 Å². The number of nitriles is 1. The topological polar surface area (TPSA) is 75.3 Å². The van der Waals surface area contributed by atoms with Gasteiger partial charge >= 0.3 is 0 Å². The van der Waals surface area contributed by atoms with Gasteiger partial charge in [0.05, 0.1) is 17.1 Å². The van der Waals surface area contributed by atoms with E-state index in [9.17, 15) is 5.26 Å². The Kier molecular flexibility index (Phi) is 7.12. The van der Waals surface area contributed by atoms with Gasteiger partial charge in [-0.15, -0.1) is 0 Å². The molecule has 0 fully saturated rings. The Hall–Kier alpha value is -6.77. The molecule has 5 nitrogen and oxygen atoms in total. The third kappa shape index (κ3) is 5.26. The molecule has 0 saturated heterocycles. The molecule has 1 aliphatic rings. The normalized spacial score (nSPS) is 12.6. The minimum atomic E-state index is -0.333. The van der Waals surface area contributed by atoms with Crippen LogP contribution < -0.4 is 0 Å². The van der Waals surface area contributed by atoms with Crippen LogP contribution in [0.3, 0.4) is 0 Å². The van der Waals surface area contributed by atoms with Crippen molar-refractivity contribution in [3.8, 4) is 73.6 Å². The minimum absolute atomic E-state index is 0.333. The molecule has 0 N–H and O–H groups in total.